The van der Waals surface area contributed by atoms with E-state index in [4.69, 9.17) is 4.74 Å². The highest BCUT2D eigenvalue weighted by Gasteiger charge is 2.56. The lowest BCUT2D eigenvalue weighted by atomic mass is 9.94. The molecule has 2 fully saturated rings. The molecule has 5 heteroatoms. The van der Waals surface area contributed by atoms with Crippen molar-refractivity contribution >= 4 is 12.1 Å². The molecular formula is C13H21NO4. The number of hydrogen-bond donors (Lipinski definition) is 1. The molecule has 2 rings (SSSR count). The molecule has 1 N–H and O–H groups in total. The molecule has 5 nitrogen and oxygen atoms in total. The van der Waals surface area contributed by atoms with Crippen molar-refractivity contribution in [1.82, 2.24) is 4.90 Å². The van der Waals surface area contributed by atoms with Gasteiger partial charge in [0.1, 0.15) is 11.6 Å². The first kappa shape index (κ1) is 13.2. The van der Waals surface area contributed by atoms with Crippen molar-refractivity contribution in [2.75, 3.05) is 0 Å². The van der Waals surface area contributed by atoms with E-state index in [-0.39, 0.29) is 5.54 Å². The third-order valence-corrected chi connectivity index (χ3v) is 3.64. The summed E-state index contributed by atoms with van der Waals surface area (Å²) < 4.78 is 5.36. The minimum Gasteiger partial charge on any atom is -0.480 e. The third-order valence-electron chi connectivity index (χ3n) is 3.64. The Morgan fingerprint density at radius 2 is 1.89 bits per heavy atom. The second-order valence-electron chi connectivity index (χ2n) is 6.32. The van der Waals surface area contributed by atoms with E-state index in [1.807, 2.05) is 0 Å². The maximum Gasteiger partial charge on any atom is 0.411 e. The number of carboxylic acid groups (broad SMARTS) is 1. The third kappa shape index (κ3) is 2.44. The van der Waals surface area contributed by atoms with Crippen molar-refractivity contribution in [2.24, 2.45) is 0 Å². The number of aliphatic carboxylic acids is 1. The second kappa shape index (κ2) is 4.14. The molecule has 1 atom stereocenters. The lowest BCUT2D eigenvalue weighted by Gasteiger charge is -2.41. The summed E-state index contributed by atoms with van der Waals surface area (Å²) in [5.74, 6) is -0.924. The Morgan fingerprint density at radius 3 is 2.33 bits per heavy atom. The van der Waals surface area contributed by atoms with Crippen molar-refractivity contribution in [2.45, 2.75) is 70.1 Å². The molecule has 0 aromatic heterocycles. The molecular weight excluding hydrogens is 234 g/mol. The molecule has 18 heavy (non-hydrogen) atoms. The summed E-state index contributed by atoms with van der Waals surface area (Å²) in [5, 5.41) is 9.27. The Balaban J connectivity index is 2.19. The van der Waals surface area contributed by atoms with Gasteiger partial charge in [-0.25, -0.2) is 9.59 Å². The van der Waals surface area contributed by atoms with Gasteiger partial charge in [-0.15, -0.1) is 0 Å². The van der Waals surface area contributed by atoms with Crippen molar-refractivity contribution in [3.8, 4) is 0 Å². The van der Waals surface area contributed by atoms with Gasteiger partial charge in [0.2, 0.25) is 0 Å². The van der Waals surface area contributed by atoms with Crippen LogP contribution in [-0.2, 0) is 9.53 Å². The lowest BCUT2D eigenvalue weighted by molar-refractivity contribution is -0.146. The maximum atomic E-state index is 12.2. The standard InChI is InChI=1S/C13H21NO4/c1-12(2,3)18-11(17)14-9(10(15)16)5-4-6-13(14)7-8-13/h9H,4-8H2,1-3H3,(H,15,16)/t9-/m0/s1. The average Bonchev–Trinajstić information content (AvgIpc) is 2.94. The van der Waals surface area contributed by atoms with E-state index in [0.29, 0.717) is 6.42 Å². The number of carbonyl (C=O) groups is 2. The molecule has 1 spiro atoms. The van der Waals surface area contributed by atoms with E-state index in [1.165, 1.54) is 4.90 Å². The number of rotatable bonds is 1. The molecule has 0 aromatic carbocycles. The second-order valence-corrected chi connectivity index (χ2v) is 6.32. The maximum absolute atomic E-state index is 12.2. The number of likely N-dealkylation sites (tertiary alicyclic amines) is 1. The molecule has 1 aliphatic heterocycles. The van der Waals surface area contributed by atoms with Crippen LogP contribution in [0.3, 0.4) is 0 Å². The number of carbonyl (C=O) groups excluding carboxylic acids is 1. The zero-order valence-electron chi connectivity index (χ0n) is 11.2. The number of piperidine rings is 1. The van der Waals surface area contributed by atoms with Crippen LogP contribution in [0, 0.1) is 0 Å². The van der Waals surface area contributed by atoms with Gasteiger partial charge in [-0.2, -0.15) is 0 Å². The molecule has 1 saturated heterocycles. The van der Waals surface area contributed by atoms with Gasteiger partial charge in [-0.3, -0.25) is 4.90 Å². The van der Waals surface area contributed by atoms with Gasteiger partial charge < -0.3 is 9.84 Å². The first-order valence-corrected chi connectivity index (χ1v) is 6.50. The van der Waals surface area contributed by atoms with Crippen LogP contribution in [0.5, 0.6) is 0 Å². The van der Waals surface area contributed by atoms with Crippen LogP contribution < -0.4 is 0 Å². The summed E-state index contributed by atoms with van der Waals surface area (Å²) in [6.07, 6.45) is 3.61. The first-order chi connectivity index (χ1) is 8.25. The minimum atomic E-state index is -0.924. The van der Waals surface area contributed by atoms with Crippen LogP contribution in [0.1, 0.15) is 52.9 Å². The van der Waals surface area contributed by atoms with Crippen LogP contribution >= 0.6 is 0 Å². The molecule has 0 radical (unpaired) electrons. The van der Waals surface area contributed by atoms with E-state index in [9.17, 15) is 14.7 Å². The Hall–Kier alpha value is -1.26. The van der Waals surface area contributed by atoms with Gasteiger partial charge in [0.25, 0.3) is 0 Å². The van der Waals surface area contributed by atoms with Crippen molar-refractivity contribution in [3.63, 3.8) is 0 Å². The Kier molecular flexibility index (Phi) is 3.03. The van der Waals surface area contributed by atoms with Crippen LogP contribution in [0.2, 0.25) is 0 Å². The predicted octanol–water partition coefficient (Wildman–Crippen LogP) is 2.39. The van der Waals surface area contributed by atoms with E-state index in [2.05, 4.69) is 0 Å². The molecule has 0 bridgehead atoms. The summed E-state index contributed by atoms with van der Waals surface area (Å²) in [7, 11) is 0. The van der Waals surface area contributed by atoms with Gasteiger partial charge in [0.15, 0.2) is 0 Å². The highest BCUT2D eigenvalue weighted by molar-refractivity contribution is 5.81. The fraction of sp³-hybridized carbons (Fsp3) is 0.846. The van der Waals surface area contributed by atoms with Crippen molar-refractivity contribution in [3.05, 3.63) is 0 Å². The molecule has 1 heterocycles. The molecule has 1 amide bonds. The number of amides is 1. The molecule has 0 unspecified atom stereocenters. The average molecular weight is 255 g/mol. The largest absolute Gasteiger partial charge is 0.480 e. The summed E-state index contributed by atoms with van der Waals surface area (Å²) in [4.78, 5) is 25.0. The normalized spacial score (nSPS) is 25.9. The first-order valence-electron chi connectivity index (χ1n) is 6.50. The fourth-order valence-electron chi connectivity index (χ4n) is 2.71. The van der Waals surface area contributed by atoms with Crippen molar-refractivity contribution < 1.29 is 19.4 Å². The zero-order valence-corrected chi connectivity index (χ0v) is 11.2. The lowest BCUT2D eigenvalue weighted by Crippen LogP contribution is -2.56. The fourth-order valence-corrected chi connectivity index (χ4v) is 2.71. The quantitative estimate of drug-likeness (QED) is 0.781. The van der Waals surface area contributed by atoms with E-state index in [0.717, 1.165) is 25.7 Å². The molecule has 2 aliphatic rings. The SMILES string of the molecule is CC(C)(C)OC(=O)N1[C@H](C(=O)O)CCCC12CC2. The Morgan fingerprint density at radius 1 is 1.28 bits per heavy atom. The number of hydrogen-bond acceptors (Lipinski definition) is 3. The molecule has 0 aromatic rings. The Labute approximate surface area is 107 Å². The Bertz CT molecular complexity index is 368. The molecule has 1 saturated carbocycles. The van der Waals surface area contributed by atoms with Crippen LogP contribution in [-0.4, -0.2) is 39.3 Å². The van der Waals surface area contributed by atoms with Gasteiger partial charge in [-0.1, -0.05) is 0 Å². The van der Waals surface area contributed by atoms with Gasteiger partial charge in [-0.05, 0) is 52.9 Å². The zero-order chi connectivity index (χ0) is 13.6. The highest BCUT2D eigenvalue weighted by Crippen LogP contribution is 2.50. The van der Waals surface area contributed by atoms with Gasteiger partial charge in [0.05, 0.1) is 0 Å². The molecule has 102 valence electrons. The van der Waals surface area contributed by atoms with Crippen LogP contribution in [0.25, 0.3) is 0 Å². The van der Waals surface area contributed by atoms with E-state index in [1.54, 1.807) is 20.8 Å². The summed E-state index contributed by atoms with van der Waals surface area (Å²) >= 11 is 0. The predicted molar refractivity (Wildman–Crippen MR) is 65.3 cm³/mol. The highest BCUT2D eigenvalue weighted by atomic mass is 16.6. The topological polar surface area (TPSA) is 66.8 Å². The molecule has 1 aliphatic carbocycles. The summed E-state index contributed by atoms with van der Waals surface area (Å²) in [5.41, 5.74) is -0.822. The van der Waals surface area contributed by atoms with Crippen LogP contribution in [0.4, 0.5) is 4.79 Å². The number of carboxylic acids is 1. The number of ether oxygens (including phenoxy) is 1. The summed E-state index contributed by atoms with van der Waals surface area (Å²) in [6.45, 7) is 5.39. The minimum absolute atomic E-state index is 0.232. The van der Waals surface area contributed by atoms with E-state index >= 15 is 0 Å². The monoisotopic (exact) mass is 255 g/mol. The van der Waals surface area contributed by atoms with Gasteiger partial charge >= 0.3 is 12.1 Å². The smallest absolute Gasteiger partial charge is 0.411 e. The summed E-state index contributed by atoms with van der Waals surface area (Å²) in [6, 6.07) is -0.726. The van der Waals surface area contributed by atoms with E-state index < -0.39 is 23.7 Å². The number of nitrogens with zero attached hydrogens (tertiary/aromatic N) is 1. The van der Waals surface area contributed by atoms with Crippen molar-refractivity contribution in [1.29, 1.82) is 0 Å². The van der Waals surface area contributed by atoms with Gasteiger partial charge in [0, 0.05) is 5.54 Å². The van der Waals surface area contributed by atoms with Crippen LogP contribution in [0.15, 0.2) is 0 Å².